The van der Waals surface area contributed by atoms with Crippen LogP contribution in [0, 0.1) is 0 Å². The van der Waals surface area contributed by atoms with Gasteiger partial charge in [-0.15, -0.1) is 0 Å². The van der Waals surface area contributed by atoms with Crippen molar-refractivity contribution >= 4 is 33.2 Å². The largest absolute Gasteiger partial charge is 0.457 e. The first-order valence-corrected chi connectivity index (χ1v) is 19.5. The van der Waals surface area contributed by atoms with E-state index in [1.807, 2.05) is 13.2 Å². The molecule has 2 aromatic heterocycles. The summed E-state index contributed by atoms with van der Waals surface area (Å²) in [6, 6.07) is 55.7. The van der Waals surface area contributed by atoms with E-state index < -0.39 is 5.54 Å². The number of ether oxygens (including phenoxy) is 1. The molecular weight excluding hydrogens is 685 g/mol. The number of nitrogens with zero attached hydrogens (tertiary/aromatic N) is 2. The van der Waals surface area contributed by atoms with Crippen molar-refractivity contribution < 1.29 is 4.74 Å². The molecule has 2 N–H and O–H groups in total. The molecule has 6 aromatic carbocycles. The molecule has 0 amide bonds. The summed E-state index contributed by atoms with van der Waals surface area (Å²) in [6.45, 7) is 13.4. The van der Waals surface area contributed by atoms with Crippen LogP contribution in [0.1, 0.15) is 69.4 Å². The van der Waals surface area contributed by atoms with Gasteiger partial charge in [0.1, 0.15) is 17.3 Å². The molecule has 8 aromatic rings. The fraction of sp³-hybridized carbons (Fsp3) is 0.196. The Kier molecular flexibility index (Phi) is 9.51. The summed E-state index contributed by atoms with van der Waals surface area (Å²) in [6.07, 6.45) is 1.92. The average Bonchev–Trinajstić information content (AvgIpc) is 3.53. The number of fused-ring (bicyclic) bond motifs is 3. The van der Waals surface area contributed by atoms with E-state index in [1.165, 1.54) is 16.5 Å². The van der Waals surface area contributed by atoms with E-state index in [1.54, 1.807) is 0 Å². The summed E-state index contributed by atoms with van der Waals surface area (Å²) < 4.78 is 9.10. The third-order valence-electron chi connectivity index (χ3n) is 10.9. The van der Waals surface area contributed by atoms with Crippen LogP contribution in [0.3, 0.4) is 0 Å². The van der Waals surface area contributed by atoms with Crippen molar-refractivity contribution in [3.05, 3.63) is 192 Å². The van der Waals surface area contributed by atoms with Gasteiger partial charge in [-0.25, -0.2) is 4.98 Å². The zero-order chi connectivity index (χ0) is 39.1. The number of benzene rings is 6. The van der Waals surface area contributed by atoms with Crippen molar-refractivity contribution in [3.63, 3.8) is 0 Å². The molecule has 0 radical (unpaired) electrons. The third-order valence-corrected chi connectivity index (χ3v) is 10.9. The molecule has 0 aliphatic carbocycles. The smallest absolute Gasteiger partial charge is 0.137 e. The van der Waals surface area contributed by atoms with Crippen molar-refractivity contribution in [2.45, 2.75) is 57.9 Å². The summed E-state index contributed by atoms with van der Waals surface area (Å²) in [5, 5.41) is 9.94. The molecule has 0 atom stereocenters. The van der Waals surface area contributed by atoms with Crippen LogP contribution in [0.25, 0.3) is 27.6 Å². The van der Waals surface area contributed by atoms with Crippen molar-refractivity contribution in [3.8, 4) is 17.3 Å². The SMILES string of the molecule is CNC(c1ccccc1)(c1ccccc1)c1ccccc1Nc1cc(Oc2ccc3c4ccccc4n(-c4cc(C(C)(C)C)ccn4)c3c2)cc(C(C)(C)C)c1. The molecule has 280 valence electrons. The van der Waals surface area contributed by atoms with Crippen LogP contribution >= 0.6 is 0 Å². The fourth-order valence-corrected chi connectivity index (χ4v) is 7.92. The van der Waals surface area contributed by atoms with Gasteiger partial charge >= 0.3 is 0 Å². The van der Waals surface area contributed by atoms with E-state index in [2.05, 4.69) is 214 Å². The lowest BCUT2D eigenvalue weighted by molar-refractivity contribution is 0.479. The quantitative estimate of drug-likeness (QED) is 0.145. The standard InChI is InChI=1S/C51H50N4O/c1-49(2,3)37-28-29-53-48(32-37)55-46-25-17-14-22-42(46)43-27-26-40(34-47(43)55)56-41-31-38(50(4,5)6)30-39(33-41)54-45-24-16-15-23-44(45)51(52-7,35-18-10-8-11-19-35)36-20-12-9-13-21-36/h8-34,52,54H,1-7H3. The van der Waals surface area contributed by atoms with Crippen LogP contribution in [0.15, 0.2) is 164 Å². The van der Waals surface area contributed by atoms with Crippen LogP contribution in [-0.4, -0.2) is 16.6 Å². The maximum Gasteiger partial charge on any atom is 0.137 e. The molecule has 2 heterocycles. The van der Waals surface area contributed by atoms with E-state index in [4.69, 9.17) is 9.72 Å². The number of aromatic nitrogens is 2. The summed E-state index contributed by atoms with van der Waals surface area (Å²) in [5.74, 6) is 2.41. The van der Waals surface area contributed by atoms with Gasteiger partial charge < -0.3 is 15.4 Å². The Morgan fingerprint density at radius 3 is 1.82 bits per heavy atom. The highest BCUT2D eigenvalue weighted by Gasteiger charge is 2.36. The monoisotopic (exact) mass is 734 g/mol. The van der Waals surface area contributed by atoms with Gasteiger partial charge in [-0.2, -0.15) is 0 Å². The molecule has 5 heteroatoms. The highest BCUT2D eigenvalue weighted by molar-refractivity contribution is 6.09. The Bertz CT molecular complexity index is 2610. The average molecular weight is 735 g/mol. The van der Waals surface area contributed by atoms with Crippen molar-refractivity contribution in [2.24, 2.45) is 0 Å². The van der Waals surface area contributed by atoms with Crippen molar-refractivity contribution in [2.75, 3.05) is 12.4 Å². The van der Waals surface area contributed by atoms with Crippen molar-refractivity contribution in [1.29, 1.82) is 0 Å². The minimum atomic E-state index is -0.609. The molecule has 0 bridgehead atoms. The highest BCUT2D eigenvalue weighted by atomic mass is 16.5. The van der Waals surface area contributed by atoms with Gasteiger partial charge in [-0.1, -0.05) is 139 Å². The lowest BCUT2D eigenvalue weighted by Crippen LogP contribution is -2.42. The molecule has 0 unspecified atom stereocenters. The van der Waals surface area contributed by atoms with Crippen molar-refractivity contribution in [1.82, 2.24) is 14.9 Å². The molecule has 56 heavy (non-hydrogen) atoms. The maximum atomic E-state index is 6.84. The number of anilines is 2. The van der Waals surface area contributed by atoms with E-state index >= 15 is 0 Å². The van der Waals surface area contributed by atoms with Gasteiger partial charge in [0.05, 0.1) is 16.6 Å². The number of hydrogen-bond acceptors (Lipinski definition) is 4. The van der Waals surface area contributed by atoms with Gasteiger partial charge in [-0.05, 0) is 88.7 Å². The topological polar surface area (TPSA) is 51.1 Å². The molecule has 0 aliphatic heterocycles. The number of nitrogens with one attached hydrogen (secondary N) is 2. The van der Waals surface area contributed by atoms with Crippen LogP contribution in [0.2, 0.25) is 0 Å². The number of para-hydroxylation sites is 2. The van der Waals surface area contributed by atoms with Crippen LogP contribution in [-0.2, 0) is 16.4 Å². The Morgan fingerprint density at radius 1 is 0.518 bits per heavy atom. The molecule has 0 saturated carbocycles. The first-order valence-electron chi connectivity index (χ1n) is 19.5. The Morgan fingerprint density at radius 2 is 1.14 bits per heavy atom. The first-order chi connectivity index (χ1) is 27.0. The first kappa shape index (κ1) is 36.8. The predicted molar refractivity (Wildman–Crippen MR) is 234 cm³/mol. The molecule has 0 fully saturated rings. The lowest BCUT2D eigenvalue weighted by Gasteiger charge is -2.37. The van der Waals surface area contributed by atoms with E-state index in [9.17, 15) is 0 Å². The minimum Gasteiger partial charge on any atom is -0.457 e. The van der Waals surface area contributed by atoms with E-state index in [-0.39, 0.29) is 10.8 Å². The van der Waals surface area contributed by atoms with Gasteiger partial charge in [0.25, 0.3) is 0 Å². The number of rotatable bonds is 9. The lowest BCUT2D eigenvalue weighted by atomic mass is 9.76. The number of pyridine rings is 1. The Balaban J connectivity index is 1.22. The Labute approximate surface area is 331 Å². The second kappa shape index (κ2) is 14.5. The normalized spacial score (nSPS) is 12.3. The summed E-state index contributed by atoms with van der Waals surface area (Å²) in [5.41, 5.74) is 9.20. The molecule has 0 spiro atoms. The third kappa shape index (κ3) is 6.84. The molecule has 0 saturated heterocycles. The highest BCUT2D eigenvalue weighted by Crippen LogP contribution is 2.42. The fourth-order valence-electron chi connectivity index (χ4n) is 7.92. The summed E-state index contributed by atoms with van der Waals surface area (Å²) in [7, 11) is 2.04. The molecular formula is C51H50N4O. The van der Waals surface area contributed by atoms with Gasteiger partial charge in [0.15, 0.2) is 0 Å². The maximum absolute atomic E-state index is 6.84. The van der Waals surface area contributed by atoms with Gasteiger partial charge in [0, 0.05) is 46.0 Å². The molecule has 5 nitrogen and oxygen atoms in total. The van der Waals surface area contributed by atoms with Gasteiger partial charge in [-0.3, -0.25) is 4.57 Å². The second-order valence-corrected chi connectivity index (χ2v) is 16.7. The second-order valence-electron chi connectivity index (χ2n) is 16.7. The van der Waals surface area contributed by atoms with Gasteiger partial charge in [0.2, 0.25) is 0 Å². The zero-order valence-electron chi connectivity index (χ0n) is 33.4. The summed E-state index contributed by atoms with van der Waals surface area (Å²) >= 11 is 0. The zero-order valence-corrected chi connectivity index (χ0v) is 33.4. The van der Waals surface area contributed by atoms with E-state index in [0.29, 0.717) is 0 Å². The summed E-state index contributed by atoms with van der Waals surface area (Å²) in [4.78, 5) is 4.88. The molecule has 8 rings (SSSR count). The van der Waals surface area contributed by atoms with Crippen LogP contribution in [0.5, 0.6) is 11.5 Å². The minimum absolute atomic E-state index is 0.00725. The Hall–Kier alpha value is -6.17. The van der Waals surface area contributed by atoms with Crippen LogP contribution in [0.4, 0.5) is 11.4 Å². The molecule has 0 aliphatic rings. The predicted octanol–water partition coefficient (Wildman–Crippen LogP) is 12.8. The van der Waals surface area contributed by atoms with E-state index in [0.717, 1.165) is 61.8 Å². The van der Waals surface area contributed by atoms with Crippen LogP contribution < -0.4 is 15.4 Å². The number of hydrogen-bond donors (Lipinski definition) is 2.